The quantitative estimate of drug-likeness (QED) is 0.722. The molecule has 3 heterocycles. The third-order valence-electron chi connectivity index (χ3n) is 4.67. The summed E-state index contributed by atoms with van der Waals surface area (Å²) in [4.78, 5) is 21.4. The van der Waals surface area contributed by atoms with Gasteiger partial charge in [0.1, 0.15) is 11.3 Å². The first-order valence-corrected chi connectivity index (χ1v) is 8.65. The highest BCUT2D eigenvalue weighted by Crippen LogP contribution is 2.22. The summed E-state index contributed by atoms with van der Waals surface area (Å²) in [6.45, 7) is 4.78. The fraction of sp³-hybridized carbons (Fsp3) is 0.316. The second kappa shape index (κ2) is 6.67. The van der Waals surface area contributed by atoms with Gasteiger partial charge in [0.2, 0.25) is 0 Å². The minimum absolute atomic E-state index is 0.0370. The van der Waals surface area contributed by atoms with E-state index < -0.39 is 0 Å². The molecule has 4 rings (SSSR count). The van der Waals surface area contributed by atoms with Crippen molar-refractivity contribution in [2.45, 2.75) is 6.92 Å². The Bertz CT molecular complexity index is 944. The van der Waals surface area contributed by atoms with Crippen molar-refractivity contribution >= 4 is 17.2 Å². The Balaban J connectivity index is 1.49. The highest BCUT2D eigenvalue weighted by Gasteiger charge is 2.24. The zero-order valence-electron chi connectivity index (χ0n) is 14.9. The van der Waals surface area contributed by atoms with E-state index in [1.54, 1.807) is 19.4 Å². The van der Waals surface area contributed by atoms with E-state index in [9.17, 15) is 4.79 Å². The molecule has 0 atom stereocenters. The normalized spacial score (nSPS) is 14.7. The molecule has 2 aromatic heterocycles. The van der Waals surface area contributed by atoms with E-state index >= 15 is 0 Å². The van der Waals surface area contributed by atoms with Crippen LogP contribution in [-0.4, -0.2) is 58.7 Å². The van der Waals surface area contributed by atoms with E-state index in [0.29, 0.717) is 24.4 Å². The van der Waals surface area contributed by atoms with Crippen LogP contribution in [0.4, 0.5) is 5.82 Å². The number of amides is 1. The van der Waals surface area contributed by atoms with Crippen molar-refractivity contribution < 1.29 is 9.53 Å². The van der Waals surface area contributed by atoms with Crippen LogP contribution in [0.5, 0.6) is 5.75 Å². The summed E-state index contributed by atoms with van der Waals surface area (Å²) in [5.41, 5.74) is 2.62. The Labute approximate surface area is 151 Å². The van der Waals surface area contributed by atoms with Crippen molar-refractivity contribution in [1.82, 2.24) is 19.5 Å². The third kappa shape index (κ3) is 2.96. The first-order valence-electron chi connectivity index (χ1n) is 8.65. The van der Waals surface area contributed by atoms with E-state index in [0.717, 1.165) is 30.1 Å². The highest BCUT2D eigenvalue weighted by molar-refractivity contribution is 5.94. The predicted octanol–water partition coefficient (Wildman–Crippen LogP) is 2.01. The van der Waals surface area contributed by atoms with Gasteiger partial charge in [-0.05, 0) is 31.2 Å². The smallest absolute Gasteiger partial charge is 0.254 e. The van der Waals surface area contributed by atoms with Crippen molar-refractivity contribution in [1.29, 1.82) is 0 Å². The van der Waals surface area contributed by atoms with Crippen molar-refractivity contribution in [2.75, 3.05) is 38.2 Å². The van der Waals surface area contributed by atoms with Gasteiger partial charge in [-0.15, -0.1) is 0 Å². The van der Waals surface area contributed by atoms with Gasteiger partial charge in [0.25, 0.3) is 5.91 Å². The number of hydrogen-bond donors (Lipinski definition) is 0. The molecule has 0 unspecified atom stereocenters. The van der Waals surface area contributed by atoms with Crippen molar-refractivity contribution in [3.8, 4) is 5.75 Å². The summed E-state index contributed by atoms with van der Waals surface area (Å²) in [5.74, 6) is 1.65. The topological polar surface area (TPSA) is 63.0 Å². The van der Waals surface area contributed by atoms with Gasteiger partial charge < -0.3 is 14.5 Å². The van der Waals surface area contributed by atoms with Crippen LogP contribution in [0.15, 0.2) is 42.7 Å². The molecule has 0 radical (unpaired) electrons. The number of carbonyl (C=O) groups excluding carboxylic acids is 1. The minimum Gasteiger partial charge on any atom is -0.497 e. The molecule has 1 fully saturated rings. The molecule has 1 amide bonds. The van der Waals surface area contributed by atoms with Gasteiger partial charge in [-0.2, -0.15) is 5.10 Å². The Morgan fingerprint density at radius 2 is 1.96 bits per heavy atom. The molecule has 1 aliphatic heterocycles. The predicted molar refractivity (Wildman–Crippen MR) is 98.8 cm³/mol. The van der Waals surface area contributed by atoms with Crippen LogP contribution < -0.4 is 9.64 Å². The van der Waals surface area contributed by atoms with Crippen LogP contribution >= 0.6 is 0 Å². The molecule has 134 valence electrons. The fourth-order valence-electron chi connectivity index (χ4n) is 3.33. The van der Waals surface area contributed by atoms with E-state index in [2.05, 4.69) is 15.0 Å². The number of nitrogens with zero attached hydrogens (tertiary/aromatic N) is 5. The number of fused-ring (bicyclic) bond motifs is 1. The average Bonchev–Trinajstić information content (AvgIpc) is 3.07. The summed E-state index contributed by atoms with van der Waals surface area (Å²) in [5, 5.41) is 4.44. The van der Waals surface area contributed by atoms with Gasteiger partial charge in [0.15, 0.2) is 5.82 Å². The lowest BCUT2D eigenvalue weighted by Gasteiger charge is -2.35. The SMILES string of the molecule is COc1cccc(C(=O)N2CCN(c3nccn4nc(C)cc34)CC2)c1. The van der Waals surface area contributed by atoms with E-state index in [-0.39, 0.29) is 5.91 Å². The molecule has 7 nitrogen and oxygen atoms in total. The lowest BCUT2D eigenvalue weighted by atomic mass is 10.1. The van der Waals surface area contributed by atoms with Gasteiger partial charge in [0.05, 0.1) is 12.8 Å². The van der Waals surface area contributed by atoms with Crippen LogP contribution in [0, 0.1) is 6.92 Å². The molecule has 0 N–H and O–H groups in total. The van der Waals surface area contributed by atoms with Crippen LogP contribution in [0.2, 0.25) is 0 Å². The van der Waals surface area contributed by atoms with E-state index in [1.807, 2.05) is 46.8 Å². The zero-order valence-corrected chi connectivity index (χ0v) is 14.9. The number of aromatic nitrogens is 3. The van der Waals surface area contributed by atoms with E-state index in [1.165, 1.54) is 0 Å². The van der Waals surface area contributed by atoms with Gasteiger partial charge in [-0.3, -0.25) is 4.79 Å². The monoisotopic (exact) mass is 351 g/mol. The molecular weight excluding hydrogens is 330 g/mol. The van der Waals surface area contributed by atoms with Gasteiger partial charge in [0, 0.05) is 44.1 Å². The standard InChI is InChI=1S/C19H21N5O2/c1-14-12-17-18(20-6-7-24(17)21-14)22-8-10-23(11-9-22)19(25)15-4-3-5-16(13-15)26-2/h3-7,12-13H,8-11H2,1-2H3. The van der Waals surface area contributed by atoms with Gasteiger partial charge >= 0.3 is 0 Å². The number of anilines is 1. The third-order valence-corrected chi connectivity index (χ3v) is 4.67. The lowest BCUT2D eigenvalue weighted by molar-refractivity contribution is 0.0746. The first-order chi connectivity index (χ1) is 12.7. The van der Waals surface area contributed by atoms with Crippen LogP contribution in [0.25, 0.3) is 5.52 Å². The maximum absolute atomic E-state index is 12.7. The van der Waals surface area contributed by atoms with Crippen LogP contribution in [0.1, 0.15) is 16.1 Å². The molecule has 0 aliphatic carbocycles. The average molecular weight is 351 g/mol. The molecule has 0 saturated carbocycles. The Kier molecular flexibility index (Phi) is 4.20. The summed E-state index contributed by atoms with van der Waals surface area (Å²) >= 11 is 0. The lowest BCUT2D eigenvalue weighted by Crippen LogP contribution is -2.49. The molecule has 1 aromatic carbocycles. The number of rotatable bonds is 3. The number of piperazine rings is 1. The zero-order chi connectivity index (χ0) is 18.1. The molecule has 0 bridgehead atoms. The van der Waals surface area contributed by atoms with Crippen LogP contribution in [-0.2, 0) is 0 Å². The second-order valence-electron chi connectivity index (χ2n) is 6.38. The van der Waals surface area contributed by atoms with Crippen LogP contribution in [0.3, 0.4) is 0 Å². The summed E-state index contributed by atoms with van der Waals surface area (Å²) < 4.78 is 7.07. The van der Waals surface area contributed by atoms with Crippen molar-refractivity contribution in [3.05, 3.63) is 54.0 Å². The molecule has 1 aliphatic rings. The Morgan fingerprint density at radius 1 is 1.15 bits per heavy atom. The Hall–Kier alpha value is -3.09. The molecule has 26 heavy (non-hydrogen) atoms. The second-order valence-corrected chi connectivity index (χ2v) is 6.38. The van der Waals surface area contributed by atoms with Crippen molar-refractivity contribution in [3.63, 3.8) is 0 Å². The fourth-order valence-corrected chi connectivity index (χ4v) is 3.33. The van der Waals surface area contributed by atoms with Gasteiger partial charge in [-0.25, -0.2) is 9.50 Å². The first kappa shape index (κ1) is 16.4. The largest absolute Gasteiger partial charge is 0.497 e. The number of aryl methyl sites for hydroxylation is 1. The number of carbonyl (C=O) groups is 1. The summed E-state index contributed by atoms with van der Waals surface area (Å²) in [6.07, 6.45) is 3.62. The number of benzene rings is 1. The molecular formula is C19H21N5O2. The maximum Gasteiger partial charge on any atom is 0.254 e. The summed E-state index contributed by atoms with van der Waals surface area (Å²) in [7, 11) is 1.61. The summed E-state index contributed by atoms with van der Waals surface area (Å²) in [6, 6.07) is 9.33. The van der Waals surface area contributed by atoms with Crippen molar-refractivity contribution in [2.24, 2.45) is 0 Å². The number of ether oxygens (including phenoxy) is 1. The highest BCUT2D eigenvalue weighted by atomic mass is 16.5. The molecule has 1 saturated heterocycles. The van der Waals surface area contributed by atoms with E-state index in [4.69, 9.17) is 4.74 Å². The maximum atomic E-state index is 12.7. The number of methoxy groups -OCH3 is 1. The number of hydrogen-bond acceptors (Lipinski definition) is 5. The minimum atomic E-state index is 0.0370. The molecule has 7 heteroatoms. The molecule has 3 aromatic rings. The van der Waals surface area contributed by atoms with Gasteiger partial charge in [-0.1, -0.05) is 6.07 Å². The molecule has 0 spiro atoms. The Morgan fingerprint density at radius 3 is 2.73 bits per heavy atom.